The zero-order valence-corrected chi connectivity index (χ0v) is 8.36. The maximum Gasteiger partial charge on any atom is 0.311 e. The largest absolute Gasteiger partial charge is 0.384 e. The predicted octanol–water partition coefficient (Wildman–Crippen LogP) is 1.54. The maximum atomic E-state index is 10.7. The van der Waals surface area contributed by atoms with Crippen LogP contribution in [0.5, 0.6) is 0 Å². The quantitative estimate of drug-likeness (QED) is 0.580. The Bertz CT molecular complexity index is 415. The van der Waals surface area contributed by atoms with Crippen LogP contribution in [0.2, 0.25) is 0 Å². The topological polar surface area (TPSA) is 94.1 Å². The van der Waals surface area contributed by atoms with E-state index in [1.54, 1.807) is 0 Å². The van der Waals surface area contributed by atoms with Crippen LogP contribution in [0.1, 0.15) is 19.8 Å². The molecule has 0 aromatic carbocycles. The molecule has 15 heavy (non-hydrogen) atoms. The van der Waals surface area contributed by atoms with Crippen LogP contribution in [0.15, 0.2) is 12.1 Å². The zero-order valence-electron chi connectivity index (χ0n) is 8.36. The second kappa shape index (κ2) is 3.08. The van der Waals surface area contributed by atoms with Crippen molar-refractivity contribution in [2.75, 3.05) is 11.1 Å². The summed E-state index contributed by atoms with van der Waals surface area (Å²) in [5.74, 6) is 0.548. The summed E-state index contributed by atoms with van der Waals surface area (Å²) < 4.78 is 0. The fourth-order valence-electron chi connectivity index (χ4n) is 1.30. The third-order valence-electron chi connectivity index (χ3n) is 2.51. The van der Waals surface area contributed by atoms with Crippen molar-refractivity contribution in [3.05, 3.63) is 22.2 Å². The number of hydrogen-bond acceptors (Lipinski definition) is 5. The van der Waals surface area contributed by atoms with Gasteiger partial charge in [-0.15, -0.1) is 0 Å². The van der Waals surface area contributed by atoms with Crippen molar-refractivity contribution in [2.45, 2.75) is 25.3 Å². The van der Waals surface area contributed by atoms with Crippen LogP contribution in [-0.4, -0.2) is 15.4 Å². The summed E-state index contributed by atoms with van der Waals surface area (Å²) in [5, 5.41) is 13.8. The van der Waals surface area contributed by atoms with Gasteiger partial charge in [-0.25, -0.2) is 4.98 Å². The smallest absolute Gasteiger partial charge is 0.311 e. The number of nitrogen functional groups attached to an aromatic ring is 1. The van der Waals surface area contributed by atoms with Crippen LogP contribution in [0, 0.1) is 10.1 Å². The first-order valence-corrected chi connectivity index (χ1v) is 4.69. The first-order valence-electron chi connectivity index (χ1n) is 4.69. The van der Waals surface area contributed by atoms with Gasteiger partial charge < -0.3 is 11.1 Å². The van der Waals surface area contributed by atoms with Crippen LogP contribution in [0.3, 0.4) is 0 Å². The molecule has 1 aliphatic rings. The number of hydrogen-bond donors (Lipinski definition) is 2. The van der Waals surface area contributed by atoms with Gasteiger partial charge in [-0.3, -0.25) is 10.1 Å². The van der Waals surface area contributed by atoms with Crippen LogP contribution >= 0.6 is 0 Å². The standard InChI is InChI=1S/C9H12N4O2/c1-9(4-5-9)12-8-6(13(14)15)2-3-7(10)11-8/h2-3H,4-5H2,1H3,(H3,10,11,12). The van der Waals surface area contributed by atoms with E-state index in [0.717, 1.165) is 12.8 Å². The summed E-state index contributed by atoms with van der Waals surface area (Å²) in [4.78, 5) is 14.2. The Morgan fingerprint density at radius 2 is 2.27 bits per heavy atom. The van der Waals surface area contributed by atoms with Crippen molar-refractivity contribution >= 4 is 17.3 Å². The third kappa shape index (κ3) is 1.98. The monoisotopic (exact) mass is 208 g/mol. The van der Waals surface area contributed by atoms with E-state index in [9.17, 15) is 10.1 Å². The van der Waals surface area contributed by atoms with Crippen molar-refractivity contribution in [2.24, 2.45) is 0 Å². The first kappa shape index (κ1) is 9.70. The lowest BCUT2D eigenvalue weighted by Crippen LogP contribution is -2.18. The molecule has 0 unspecified atom stereocenters. The summed E-state index contributed by atoms with van der Waals surface area (Å²) in [6.07, 6.45) is 2.00. The van der Waals surface area contributed by atoms with E-state index in [-0.39, 0.29) is 22.9 Å². The van der Waals surface area contributed by atoms with Crippen molar-refractivity contribution in [3.8, 4) is 0 Å². The number of nitro groups is 1. The average molecular weight is 208 g/mol. The van der Waals surface area contributed by atoms with Crippen LogP contribution in [0.25, 0.3) is 0 Å². The molecular formula is C9H12N4O2. The molecule has 2 rings (SSSR count). The Hall–Kier alpha value is -1.85. The average Bonchev–Trinajstić information content (AvgIpc) is 2.82. The molecule has 0 saturated heterocycles. The number of aromatic nitrogens is 1. The Kier molecular flexibility index (Phi) is 1.99. The molecule has 1 aromatic heterocycles. The molecule has 1 aliphatic carbocycles. The molecule has 6 heteroatoms. The molecule has 0 bridgehead atoms. The van der Waals surface area contributed by atoms with Gasteiger partial charge in [0.25, 0.3) is 0 Å². The molecule has 1 saturated carbocycles. The highest BCUT2D eigenvalue weighted by molar-refractivity contribution is 5.61. The molecule has 0 amide bonds. The number of rotatable bonds is 3. The molecule has 3 N–H and O–H groups in total. The van der Waals surface area contributed by atoms with Gasteiger partial charge >= 0.3 is 5.69 Å². The third-order valence-corrected chi connectivity index (χ3v) is 2.51. The Labute approximate surface area is 86.6 Å². The van der Waals surface area contributed by atoms with Gasteiger partial charge in [-0.05, 0) is 25.8 Å². The van der Waals surface area contributed by atoms with Crippen LogP contribution in [0.4, 0.5) is 17.3 Å². The first-order chi connectivity index (χ1) is 7.00. The van der Waals surface area contributed by atoms with E-state index >= 15 is 0 Å². The highest BCUT2D eigenvalue weighted by Crippen LogP contribution is 2.39. The van der Waals surface area contributed by atoms with Crippen molar-refractivity contribution in [1.29, 1.82) is 0 Å². The molecule has 0 aliphatic heterocycles. The van der Waals surface area contributed by atoms with E-state index in [2.05, 4.69) is 10.3 Å². The molecule has 1 heterocycles. The number of nitrogens with one attached hydrogen (secondary N) is 1. The predicted molar refractivity (Wildman–Crippen MR) is 56.6 cm³/mol. The van der Waals surface area contributed by atoms with Crippen LogP contribution in [-0.2, 0) is 0 Å². The van der Waals surface area contributed by atoms with E-state index in [1.165, 1.54) is 12.1 Å². The van der Waals surface area contributed by atoms with Gasteiger partial charge in [0.05, 0.1) is 4.92 Å². The van der Waals surface area contributed by atoms with E-state index < -0.39 is 4.92 Å². The van der Waals surface area contributed by atoms with Crippen molar-refractivity contribution in [1.82, 2.24) is 4.98 Å². The van der Waals surface area contributed by atoms with E-state index in [1.807, 2.05) is 6.92 Å². The Morgan fingerprint density at radius 3 is 2.80 bits per heavy atom. The van der Waals surface area contributed by atoms with Gasteiger partial charge in [0.2, 0.25) is 5.82 Å². The second-order valence-electron chi connectivity index (χ2n) is 4.05. The molecule has 0 radical (unpaired) electrons. The minimum absolute atomic E-state index is 0.0303. The minimum Gasteiger partial charge on any atom is -0.384 e. The molecular weight excluding hydrogens is 196 g/mol. The number of anilines is 2. The summed E-state index contributed by atoms with van der Waals surface area (Å²) in [6.45, 7) is 2.00. The van der Waals surface area contributed by atoms with Gasteiger partial charge in [-0.1, -0.05) is 0 Å². The SMILES string of the molecule is CC1(Nc2nc(N)ccc2[N+](=O)[O-])CC1. The van der Waals surface area contributed by atoms with Gasteiger partial charge in [0, 0.05) is 11.6 Å². The Balaban J connectivity index is 2.34. The molecule has 6 nitrogen and oxygen atoms in total. The molecule has 0 spiro atoms. The van der Waals surface area contributed by atoms with Crippen molar-refractivity contribution < 1.29 is 4.92 Å². The number of nitrogens with zero attached hydrogens (tertiary/aromatic N) is 2. The summed E-state index contributed by atoms with van der Waals surface area (Å²) in [5.41, 5.74) is 5.41. The fourth-order valence-corrected chi connectivity index (χ4v) is 1.30. The highest BCUT2D eigenvalue weighted by Gasteiger charge is 2.39. The fraction of sp³-hybridized carbons (Fsp3) is 0.444. The van der Waals surface area contributed by atoms with Gasteiger partial charge in [-0.2, -0.15) is 0 Å². The highest BCUT2D eigenvalue weighted by atomic mass is 16.6. The zero-order chi connectivity index (χ0) is 11.1. The normalized spacial score (nSPS) is 17.1. The summed E-state index contributed by atoms with van der Waals surface area (Å²) in [7, 11) is 0. The number of nitrogens with two attached hydrogens (primary N) is 1. The molecule has 1 aromatic rings. The van der Waals surface area contributed by atoms with Crippen molar-refractivity contribution in [3.63, 3.8) is 0 Å². The lowest BCUT2D eigenvalue weighted by Gasteiger charge is -2.12. The van der Waals surface area contributed by atoms with E-state index in [0.29, 0.717) is 0 Å². The summed E-state index contributed by atoms with van der Waals surface area (Å²) in [6, 6.07) is 2.80. The lowest BCUT2D eigenvalue weighted by molar-refractivity contribution is -0.384. The van der Waals surface area contributed by atoms with Crippen LogP contribution < -0.4 is 11.1 Å². The van der Waals surface area contributed by atoms with E-state index in [4.69, 9.17) is 5.73 Å². The van der Waals surface area contributed by atoms with Gasteiger partial charge in [0.1, 0.15) is 5.82 Å². The summed E-state index contributed by atoms with van der Waals surface area (Å²) >= 11 is 0. The number of pyridine rings is 1. The second-order valence-corrected chi connectivity index (χ2v) is 4.05. The lowest BCUT2D eigenvalue weighted by atomic mass is 10.3. The molecule has 80 valence electrons. The Morgan fingerprint density at radius 1 is 1.60 bits per heavy atom. The maximum absolute atomic E-state index is 10.7. The minimum atomic E-state index is -0.458. The molecule has 0 atom stereocenters. The van der Waals surface area contributed by atoms with Gasteiger partial charge in [0.15, 0.2) is 0 Å². The molecule has 1 fully saturated rings.